The molecule has 0 fully saturated rings. The molecule has 0 aliphatic carbocycles. The third-order valence-electron chi connectivity index (χ3n) is 3.84. The molecule has 0 radical (unpaired) electrons. The van der Waals surface area contributed by atoms with E-state index < -0.39 is 0 Å². The number of guanidine groups is 1. The van der Waals surface area contributed by atoms with Gasteiger partial charge in [-0.1, -0.05) is 42.5 Å². The highest BCUT2D eigenvalue weighted by molar-refractivity contribution is 5.92. The Hall–Kier alpha value is -2.33. The zero-order valence-electron chi connectivity index (χ0n) is 15.0. The van der Waals surface area contributed by atoms with E-state index in [-0.39, 0.29) is 11.6 Å². The minimum atomic E-state index is -0.159. The SMILES string of the molecule is Cc1cccc(NC(N)=NCC(C)(C)NC(C)c2ccccc2)c1. The molecule has 0 heterocycles. The van der Waals surface area contributed by atoms with Crippen LogP contribution in [-0.4, -0.2) is 18.0 Å². The number of hydrogen-bond acceptors (Lipinski definition) is 2. The molecule has 24 heavy (non-hydrogen) atoms. The second kappa shape index (κ2) is 7.97. The summed E-state index contributed by atoms with van der Waals surface area (Å²) in [6, 6.07) is 18.7. The number of aryl methyl sites for hydroxylation is 1. The van der Waals surface area contributed by atoms with Gasteiger partial charge in [0.05, 0.1) is 6.54 Å². The molecular formula is C20H28N4. The number of hydrogen-bond donors (Lipinski definition) is 3. The van der Waals surface area contributed by atoms with Gasteiger partial charge in [0.2, 0.25) is 0 Å². The Morgan fingerprint density at radius 2 is 1.83 bits per heavy atom. The first-order valence-corrected chi connectivity index (χ1v) is 8.32. The number of anilines is 1. The highest BCUT2D eigenvalue weighted by atomic mass is 15.1. The molecule has 4 heteroatoms. The minimum absolute atomic E-state index is 0.159. The van der Waals surface area contributed by atoms with Gasteiger partial charge in [-0.15, -0.1) is 0 Å². The van der Waals surface area contributed by atoms with Crippen molar-refractivity contribution < 1.29 is 0 Å². The third kappa shape index (κ3) is 5.70. The van der Waals surface area contributed by atoms with Gasteiger partial charge in [-0.2, -0.15) is 0 Å². The van der Waals surface area contributed by atoms with Crippen molar-refractivity contribution in [2.24, 2.45) is 10.7 Å². The molecule has 0 aliphatic heterocycles. The lowest BCUT2D eigenvalue weighted by atomic mass is 10.0. The van der Waals surface area contributed by atoms with Crippen LogP contribution >= 0.6 is 0 Å². The molecule has 0 aromatic heterocycles. The largest absolute Gasteiger partial charge is 0.370 e. The lowest BCUT2D eigenvalue weighted by Gasteiger charge is -2.29. The fourth-order valence-corrected chi connectivity index (χ4v) is 2.65. The van der Waals surface area contributed by atoms with Crippen molar-refractivity contribution in [3.05, 3.63) is 65.7 Å². The molecule has 0 spiro atoms. The fraction of sp³-hybridized carbons (Fsp3) is 0.350. The Labute approximate surface area is 145 Å². The molecule has 2 aromatic rings. The first kappa shape index (κ1) is 18.0. The Morgan fingerprint density at radius 3 is 2.50 bits per heavy atom. The van der Waals surface area contributed by atoms with Gasteiger partial charge in [-0.25, -0.2) is 0 Å². The average molecular weight is 324 g/mol. The number of nitrogens with two attached hydrogens (primary N) is 1. The Balaban J connectivity index is 1.93. The minimum Gasteiger partial charge on any atom is -0.370 e. The first-order valence-electron chi connectivity index (χ1n) is 8.32. The summed E-state index contributed by atoms with van der Waals surface area (Å²) in [5.74, 6) is 0.433. The smallest absolute Gasteiger partial charge is 0.193 e. The maximum atomic E-state index is 6.02. The van der Waals surface area contributed by atoms with Gasteiger partial charge in [0, 0.05) is 17.3 Å². The zero-order valence-corrected chi connectivity index (χ0v) is 15.0. The lowest BCUT2D eigenvalue weighted by molar-refractivity contribution is 0.357. The van der Waals surface area contributed by atoms with Crippen LogP contribution in [-0.2, 0) is 0 Å². The van der Waals surface area contributed by atoms with Crippen molar-refractivity contribution >= 4 is 11.6 Å². The van der Waals surface area contributed by atoms with Crippen LogP contribution in [0, 0.1) is 6.92 Å². The summed E-state index contributed by atoms with van der Waals surface area (Å²) < 4.78 is 0. The van der Waals surface area contributed by atoms with Gasteiger partial charge < -0.3 is 16.4 Å². The number of nitrogens with zero attached hydrogens (tertiary/aromatic N) is 1. The van der Waals surface area contributed by atoms with Gasteiger partial charge in [-0.05, 0) is 51.0 Å². The quantitative estimate of drug-likeness (QED) is 0.558. The molecule has 0 saturated carbocycles. The summed E-state index contributed by atoms with van der Waals surface area (Å²) in [6.07, 6.45) is 0. The van der Waals surface area contributed by atoms with Crippen LogP contribution in [0.3, 0.4) is 0 Å². The lowest BCUT2D eigenvalue weighted by Crippen LogP contribution is -2.44. The van der Waals surface area contributed by atoms with Crippen LogP contribution in [0.5, 0.6) is 0 Å². The van der Waals surface area contributed by atoms with Crippen molar-refractivity contribution in [3.8, 4) is 0 Å². The van der Waals surface area contributed by atoms with Crippen molar-refractivity contribution in [1.29, 1.82) is 0 Å². The summed E-state index contributed by atoms with van der Waals surface area (Å²) in [7, 11) is 0. The number of aliphatic imine (C=N–C) groups is 1. The van der Waals surface area contributed by atoms with E-state index >= 15 is 0 Å². The predicted octanol–water partition coefficient (Wildman–Crippen LogP) is 3.85. The summed E-state index contributed by atoms with van der Waals surface area (Å²) in [4.78, 5) is 4.49. The predicted molar refractivity (Wildman–Crippen MR) is 103 cm³/mol. The fourth-order valence-electron chi connectivity index (χ4n) is 2.65. The molecule has 0 aliphatic rings. The highest BCUT2D eigenvalue weighted by Gasteiger charge is 2.20. The molecule has 2 rings (SSSR count). The maximum Gasteiger partial charge on any atom is 0.193 e. The number of benzene rings is 2. The van der Waals surface area contributed by atoms with E-state index in [1.807, 2.05) is 24.3 Å². The highest BCUT2D eigenvalue weighted by Crippen LogP contribution is 2.16. The summed E-state index contributed by atoms with van der Waals surface area (Å²) >= 11 is 0. The van der Waals surface area contributed by atoms with Crippen LogP contribution in [0.2, 0.25) is 0 Å². The molecular weight excluding hydrogens is 296 g/mol. The van der Waals surface area contributed by atoms with Gasteiger partial charge >= 0.3 is 0 Å². The summed E-state index contributed by atoms with van der Waals surface area (Å²) in [5, 5.41) is 6.75. The Bertz CT molecular complexity index is 677. The van der Waals surface area contributed by atoms with E-state index in [2.05, 4.69) is 73.7 Å². The molecule has 4 N–H and O–H groups in total. The van der Waals surface area contributed by atoms with Gasteiger partial charge in [0.25, 0.3) is 0 Å². The van der Waals surface area contributed by atoms with Crippen LogP contribution in [0.4, 0.5) is 5.69 Å². The van der Waals surface area contributed by atoms with Gasteiger partial charge in [-0.3, -0.25) is 4.99 Å². The van der Waals surface area contributed by atoms with E-state index in [0.717, 1.165) is 5.69 Å². The van der Waals surface area contributed by atoms with Crippen molar-refractivity contribution in [1.82, 2.24) is 5.32 Å². The topological polar surface area (TPSA) is 62.4 Å². The van der Waals surface area contributed by atoms with Crippen molar-refractivity contribution in [2.75, 3.05) is 11.9 Å². The standard InChI is InChI=1S/C20H28N4/c1-15-9-8-12-18(13-15)23-19(21)22-14-20(3,4)24-16(2)17-10-6-5-7-11-17/h5-13,16,24H,14H2,1-4H3,(H3,21,22,23). The van der Waals surface area contributed by atoms with Crippen molar-refractivity contribution in [2.45, 2.75) is 39.3 Å². The summed E-state index contributed by atoms with van der Waals surface area (Å²) in [5.41, 5.74) is 9.27. The van der Waals surface area contributed by atoms with Crippen LogP contribution in [0.1, 0.15) is 37.9 Å². The van der Waals surface area contributed by atoms with Crippen LogP contribution in [0.15, 0.2) is 59.6 Å². The van der Waals surface area contributed by atoms with E-state index in [0.29, 0.717) is 12.5 Å². The molecule has 4 nitrogen and oxygen atoms in total. The number of nitrogens with one attached hydrogen (secondary N) is 2. The molecule has 1 unspecified atom stereocenters. The Morgan fingerprint density at radius 1 is 1.12 bits per heavy atom. The molecule has 128 valence electrons. The second-order valence-electron chi connectivity index (χ2n) is 6.86. The van der Waals surface area contributed by atoms with E-state index in [1.54, 1.807) is 0 Å². The monoisotopic (exact) mass is 324 g/mol. The molecule has 0 saturated heterocycles. The number of rotatable bonds is 6. The van der Waals surface area contributed by atoms with Crippen LogP contribution in [0.25, 0.3) is 0 Å². The van der Waals surface area contributed by atoms with E-state index in [4.69, 9.17) is 5.73 Å². The maximum absolute atomic E-state index is 6.02. The second-order valence-corrected chi connectivity index (χ2v) is 6.86. The normalized spacial score (nSPS) is 13.6. The van der Waals surface area contributed by atoms with E-state index in [9.17, 15) is 0 Å². The molecule has 0 amide bonds. The van der Waals surface area contributed by atoms with Crippen LogP contribution < -0.4 is 16.4 Å². The van der Waals surface area contributed by atoms with Crippen molar-refractivity contribution in [3.63, 3.8) is 0 Å². The molecule has 1 atom stereocenters. The molecule has 2 aromatic carbocycles. The van der Waals surface area contributed by atoms with E-state index in [1.165, 1.54) is 11.1 Å². The zero-order chi connectivity index (χ0) is 17.6. The summed E-state index contributed by atoms with van der Waals surface area (Å²) in [6.45, 7) is 9.08. The van der Waals surface area contributed by atoms with Gasteiger partial charge in [0.15, 0.2) is 5.96 Å². The Kier molecular flexibility index (Phi) is 5.99. The molecule has 0 bridgehead atoms. The van der Waals surface area contributed by atoms with Gasteiger partial charge in [0.1, 0.15) is 0 Å². The first-order chi connectivity index (χ1) is 11.4. The average Bonchev–Trinajstić information content (AvgIpc) is 2.53. The third-order valence-corrected chi connectivity index (χ3v) is 3.84.